The van der Waals surface area contributed by atoms with Crippen molar-refractivity contribution in [1.82, 2.24) is 10.8 Å². The van der Waals surface area contributed by atoms with E-state index in [4.69, 9.17) is 28.0 Å². The quantitative estimate of drug-likeness (QED) is 0.447. The highest BCUT2D eigenvalue weighted by atomic mass is 35.5. The van der Waals surface area contributed by atoms with Crippen LogP contribution in [0.5, 0.6) is 0 Å². The van der Waals surface area contributed by atoms with Gasteiger partial charge in [-0.3, -0.25) is 9.63 Å². The molecule has 8 heteroatoms. The fourth-order valence-electron chi connectivity index (χ4n) is 5.07. The van der Waals surface area contributed by atoms with Crippen LogP contribution in [0.25, 0.3) is 0 Å². The van der Waals surface area contributed by atoms with Gasteiger partial charge in [0.15, 0.2) is 0 Å². The van der Waals surface area contributed by atoms with Crippen LogP contribution in [0.2, 0.25) is 10.0 Å². The zero-order valence-corrected chi connectivity index (χ0v) is 21.6. The second-order valence-corrected chi connectivity index (χ2v) is 11.6. The van der Waals surface area contributed by atoms with Crippen molar-refractivity contribution in [3.63, 3.8) is 0 Å². The highest BCUT2D eigenvalue weighted by molar-refractivity contribution is 6.31. The molecule has 0 unspecified atom stereocenters. The van der Waals surface area contributed by atoms with Crippen molar-refractivity contribution in [2.75, 3.05) is 6.61 Å². The first-order valence-corrected chi connectivity index (χ1v) is 12.6. The monoisotopic (exact) mass is 517 g/mol. The highest BCUT2D eigenvalue weighted by Crippen LogP contribution is 2.52. The van der Waals surface area contributed by atoms with Gasteiger partial charge in [0.1, 0.15) is 11.2 Å². The first kappa shape index (κ1) is 25.9. The first-order valence-electron chi connectivity index (χ1n) is 11.9. The van der Waals surface area contributed by atoms with Crippen molar-refractivity contribution in [2.24, 2.45) is 11.3 Å². The van der Waals surface area contributed by atoms with Gasteiger partial charge in [-0.05, 0) is 59.9 Å². The van der Waals surface area contributed by atoms with Gasteiger partial charge in [-0.15, -0.1) is 0 Å². The van der Waals surface area contributed by atoms with E-state index in [-0.39, 0.29) is 16.0 Å². The van der Waals surface area contributed by atoms with E-state index in [9.17, 15) is 10.1 Å². The molecule has 4 rings (SSSR count). The Morgan fingerprint density at radius 2 is 1.91 bits per heavy atom. The topological polar surface area (TPSA) is 74.2 Å². The third-order valence-electron chi connectivity index (χ3n) is 6.87. The lowest BCUT2D eigenvalue weighted by molar-refractivity contribution is -0.136. The minimum Gasteiger partial charge on any atom is -0.300 e. The number of benzene rings is 2. The zero-order valence-electron chi connectivity index (χ0n) is 20.1. The molecule has 0 aromatic heterocycles. The number of halogens is 3. The average molecular weight is 518 g/mol. The van der Waals surface area contributed by atoms with E-state index >= 15 is 4.39 Å². The molecule has 1 saturated heterocycles. The standard InChI is InChI=1S/C27H30Cl2FN3O2/c1-26(2,3)13-21-27(15-31,17-9-11-18(28)12-10-17)22(19-5-4-6-20(29)23(19)30)24(32-21)25(34)33-35-14-16-7-8-16/h4-6,9-12,16,21-22,24,32H,7-8,13-14H2,1-3H3,(H,33,34)/t21-,22-,24+,27-/m0/s1. The Balaban J connectivity index is 1.86. The lowest BCUT2D eigenvalue weighted by Crippen LogP contribution is -2.45. The number of hydroxylamine groups is 1. The van der Waals surface area contributed by atoms with Gasteiger partial charge in [-0.2, -0.15) is 5.26 Å². The Bertz CT molecular complexity index is 1120. The van der Waals surface area contributed by atoms with Gasteiger partial charge in [0.25, 0.3) is 5.91 Å². The number of hydrogen-bond acceptors (Lipinski definition) is 4. The van der Waals surface area contributed by atoms with Crippen LogP contribution in [0.1, 0.15) is 57.1 Å². The Morgan fingerprint density at radius 3 is 2.51 bits per heavy atom. The molecule has 4 atom stereocenters. The van der Waals surface area contributed by atoms with E-state index < -0.39 is 35.1 Å². The summed E-state index contributed by atoms with van der Waals surface area (Å²) < 4.78 is 15.5. The number of carbonyl (C=O) groups is 1. The summed E-state index contributed by atoms with van der Waals surface area (Å²) in [4.78, 5) is 18.9. The average Bonchev–Trinajstić information content (AvgIpc) is 3.57. The Hall–Kier alpha value is -2.17. The van der Waals surface area contributed by atoms with Crippen LogP contribution in [-0.2, 0) is 15.0 Å². The molecule has 1 heterocycles. The van der Waals surface area contributed by atoms with Crippen LogP contribution in [0.3, 0.4) is 0 Å². The summed E-state index contributed by atoms with van der Waals surface area (Å²) in [6.45, 7) is 6.64. The van der Waals surface area contributed by atoms with Crippen LogP contribution < -0.4 is 10.8 Å². The smallest absolute Gasteiger partial charge is 0.261 e. The van der Waals surface area contributed by atoms with Gasteiger partial charge >= 0.3 is 0 Å². The molecule has 0 radical (unpaired) electrons. The molecule has 0 spiro atoms. The number of hydrogen-bond donors (Lipinski definition) is 2. The number of nitrogens with zero attached hydrogens (tertiary/aromatic N) is 1. The van der Waals surface area contributed by atoms with Crippen LogP contribution in [-0.4, -0.2) is 24.6 Å². The summed E-state index contributed by atoms with van der Waals surface area (Å²) in [6, 6.07) is 12.8. The van der Waals surface area contributed by atoms with Crippen molar-refractivity contribution in [1.29, 1.82) is 5.26 Å². The number of rotatable bonds is 7. The second-order valence-electron chi connectivity index (χ2n) is 10.8. The molecule has 2 aliphatic rings. The number of amides is 1. The van der Waals surface area contributed by atoms with Gasteiger partial charge in [0.05, 0.1) is 23.7 Å². The minimum atomic E-state index is -1.28. The van der Waals surface area contributed by atoms with Crippen molar-refractivity contribution >= 4 is 29.1 Å². The zero-order chi connectivity index (χ0) is 25.4. The third kappa shape index (κ3) is 5.34. The Kier molecular flexibility index (Phi) is 7.45. The number of nitrogens with one attached hydrogen (secondary N) is 2. The molecule has 2 fully saturated rings. The van der Waals surface area contributed by atoms with Crippen molar-refractivity contribution in [3.05, 3.63) is 69.5 Å². The normalized spacial score (nSPS) is 26.4. The van der Waals surface area contributed by atoms with Crippen LogP contribution in [0.4, 0.5) is 4.39 Å². The summed E-state index contributed by atoms with van der Waals surface area (Å²) in [6.07, 6.45) is 2.72. The van der Waals surface area contributed by atoms with E-state index in [1.807, 2.05) is 0 Å². The maximum Gasteiger partial charge on any atom is 0.261 e. The molecule has 1 aliphatic carbocycles. The van der Waals surface area contributed by atoms with Crippen LogP contribution in [0, 0.1) is 28.5 Å². The van der Waals surface area contributed by atoms with E-state index in [0.717, 1.165) is 12.8 Å². The molecule has 5 nitrogen and oxygen atoms in total. The summed E-state index contributed by atoms with van der Waals surface area (Å²) >= 11 is 12.3. The molecule has 1 aliphatic heterocycles. The van der Waals surface area contributed by atoms with Gasteiger partial charge in [0, 0.05) is 17.0 Å². The maximum atomic E-state index is 15.5. The van der Waals surface area contributed by atoms with E-state index in [1.54, 1.807) is 36.4 Å². The molecule has 1 saturated carbocycles. The molecule has 35 heavy (non-hydrogen) atoms. The van der Waals surface area contributed by atoms with Crippen LogP contribution >= 0.6 is 23.2 Å². The maximum absolute atomic E-state index is 15.5. The van der Waals surface area contributed by atoms with Gasteiger partial charge < -0.3 is 5.32 Å². The summed E-state index contributed by atoms with van der Waals surface area (Å²) in [5, 5.41) is 14.7. The van der Waals surface area contributed by atoms with Gasteiger partial charge in [-0.1, -0.05) is 68.2 Å². The van der Waals surface area contributed by atoms with E-state index in [2.05, 4.69) is 37.6 Å². The molecule has 1 amide bonds. The molecular formula is C27H30Cl2FN3O2. The van der Waals surface area contributed by atoms with E-state index in [0.29, 0.717) is 29.5 Å². The van der Waals surface area contributed by atoms with E-state index in [1.165, 1.54) is 6.07 Å². The minimum absolute atomic E-state index is 0.0612. The summed E-state index contributed by atoms with van der Waals surface area (Å²) in [5.41, 5.74) is 1.95. The first-order chi connectivity index (χ1) is 16.6. The molecule has 0 bridgehead atoms. The lowest BCUT2D eigenvalue weighted by Gasteiger charge is -2.37. The molecular weight excluding hydrogens is 488 g/mol. The predicted molar refractivity (Wildman–Crippen MR) is 134 cm³/mol. The molecule has 2 aromatic rings. The Labute approximate surface area is 215 Å². The number of carbonyl (C=O) groups excluding carboxylic acids is 1. The summed E-state index contributed by atoms with van der Waals surface area (Å²) in [7, 11) is 0. The van der Waals surface area contributed by atoms with Crippen LogP contribution in [0.15, 0.2) is 42.5 Å². The SMILES string of the molecule is CC(C)(C)C[C@@H]1N[C@@H](C(=O)NOCC2CC2)[C@H](c2cccc(Cl)c2F)[C@@]1(C#N)c1ccc(Cl)cc1. The fourth-order valence-corrected chi connectivity index (χ4v) is 5.37. The molecule has 2 aromatic carbocycles. The third-order valence-corrected chi connectivity index (χ3v) is 7.41. The molecule has 2 N–H and O–H groups in total. The Morgan fingerprint density at radius 1 is 1.23 bits per heavy atom. The molecule has 186 valence electrons. The van der Waals surface area contributed by atoms with Crippen molar-refractivity contribution in [2.45, 2.75) is 63.5 Å². The van der Waals surface area contributed by atoms with Gasteiger partial charge in [0.2, 0.25) is 0 Å². The second kappa shape index (κ2) is 10.1. The predicted octanol–water partition coefficient (Wildman–Crippen LogP) is 5.91. The highest BCUT2D eigenvalue weighted by Gasteiger charge is 2.60. The van der Waals surface area contributed by atoms with Gasteiger partial charge in [-0.25, -0.2) is 9.87 Å². The fraction of sp³-hybridized carbons (Fsp3) is 0.481. The lowest BCUT2D eigenvalue weighted by atomic mass is 9.63. The van der Waals surface area contributed by atoms with Crippen molar-refractivity contribution < 1.29 is 14.0 Å². The van der Waals surface area contributed by atoms with Crippen molar-refractivity contribution in [3.8, 4) is 6.07 Å². The largest absolute Gasteiger partial charge is 0.300 e. The number of nitriles is 1. The summed E-state index contributed by atoms with van der Waals surface area (Å²) in [5.74, 6) is -1.50.